The van der Waals surface area contributed by atoms with Gasteiger partial charge >= 0.3 is 0 Å². The second kappa shape index (κ2) is 3.48. The zero-order valence-electron chi connectivity index (χ0n) is 9.77. The molecular formula is C14H15N3. The van der Waals surface area contributed by atoms with Gasteiger partial charge in [-0.2, -0.15) is 0 Å². The van der Waals surface area contributed by atoms with Crippen LogP contribution in [0.4, 0.5) is 5.69 Å². The summed E-state index contributed by atoms with van der Waals surface area (Å²) in [4.78, 5) is 1.88. The Bertz CT molecular complexity index is 603. The van der Waals surface area contributed by atoms with E-state index in [4.69, 9.17) is 11.1 Å². The van der Waals surface area contributed by atoms with Crippen molar-refractivity contribution in [2.75, 3.05) is 11.4 Å². The molecule has 86 valence electrons. The van der Waals surface area contributed by atoms with Gasteiger partial charge in [0.2, 0.25) is 0 Å². The zero-order chi connectivity index (χ0) is 12.0. The van der Waals surface area contributed by atoms with E-state index in [-0.39, 0.29) is 5.96 Å². The monoisotopic (exact) mass is 225 g/mol. The fraction of sp³-hybridized carbons (Fsp3) is 0.214. The van der Waals surface area contributed by atoms with Crippen LogP contribution >= 0.6 is 0 Å². The fourth-order valence-corrected chi connectivity index (χ4v) is 2.73. The topological polar surface area (TPSA) is 53.1 Å². The molecule has 0 aliphatic carbocycles. The quantitative estimate of drug-likeness (QED) is 0.535. The van der Waals surface area contributed by atoms with E-state index in [1.54, 1.807) is 0 Å². The molecule has 0 fully saturated rings. The summed E-state index contributed by atoms with van der Waals surface area (Å²) < 4.78 is 0. The highest BCUT2D eigenvalue weighted by Gasteiger charge is 2.28. The lowest BCUT2D eigenvalue weighted by molar-refractivity contribution is 0.822. The molecule has 0 spiro atoms. The number of rotatable bonds is 0. The molecular weight excluding hydrogens is 210 g/mol. The van der Waals surface area contributed by atoms with E-state index in [0.717, 1.165) is 12.2 Å². The van der Waals surface area contributed by atoms with Crippen LogP contribution in [-0.4, -0.2) is 12.5 Å². The summed E-state index contributed by atoms with van der Waals surface area (Å²) in [6.07, 6.45) is 0. The number of nitrogens with two attached hydrogens (primary N) is 1. The molecule has 0 saturated carbocycles. The minimum absolute atomic E-state index is 0.130. The molecule has 0 amide bonds. The summed E-state index contributed by atoms with van der Waals surface area (Å²) in [6.45, 7) is 2.99. The van der Waals surface area contributed by atoms with Crippen molar-refractivity contribution in [2.24, 2.45) is 5.73 Å². The number of benzene rings is 2. The van der Waals surface area contributed by atoms with E-state index >= 15 is 0 Å². The lowest BCUT2D eigenvalue weighted by Gasteiger charge is -2.16. The van der Waals surface area contributed by atoms with Crippen molar-refractivity contribution in [1.82, 2.24) is 0 Å². The molecule has 1 atom stereocenters. The Kier molecular flexibility index (Phi) is 2.08. The Morgan fingerprint density at radius 2 is 2.06 bits per heavy atom. The molecule has 3 N–H and O–H groups in total. The van der Waals surface area contributed by atoms with Crippen LogP contribution in [-0.2, 0) is 0 Å². The molecule has 1 aliphatic rings. The van der Waals surface area contributed by atoms with Crippen molar-refractivity contribution in [2.45, 2.75) is 12.8 Å². The number of nitrogens with one attached hydrogen (secondary N) is 1. The highest BCUT2D eigenvalue weighted by Crippen LogP contribution is 2.40. The van der Waals surface area contributed by atoms with E-state index in [2.05, 4.69) is 43.3 Å². The first kappa shape index (κ1) is 10.1. The van der Waals surface area contributed by atoms with Crippen LogP contribution in [0, 0.1) is 5.41 Å². The summed E-state index contributed by atoms with van der Waals surface area (Å²) in [6, 6.07) is 12.6. The van der Waals surface area contributed by atoms with Crippen molar-refractivity contribution in [1.29, 1.82) is 5.41 Å². The Balaban J connectivity index is 2.30. The summed E-state index contributed by atoms with van der Waals surface area (Å²) in [5.74, 6) is 0.547. The maximum absolute atomic E-state index is 7.62. The number of hydrogen-bond donors (Lipinski definition) is 2. The molecule has 1 heterocycles. The first-order valence-corrected chi connectivity index (χ1v) is 5.81. The molecule has 1 aliphatic heterocycles. The highest BCUT2D eigenvalue weighted by atomic mass is 15.2. The van der Waals surface area contributed by atoms with Crippen LogP contribution in [0.5, 0.6) is 0 Å². The molecule has 3 heteroatoms. The third kappa shape index (κ3) is 1.39. The Morgan fingerprint density at radius 1 is 1.29 bits per heavy atom. The number of fused-ring (bicyclic) bond motifs is 3. The van der Waals surface area contributed by atoms with Crippen molar-refractivity contribution < 1.29 is 0 Å². The average molecular weight is 225 g/mol. The maximum atomic E-state index is 7.62. The van der Waals surface area contributed by atoms with Gasteiger partial charge in [0.1, 0.15) is 0 Å². The van der Waals surface area contributed by atoms with Gasteiger partial charge in [-0.05, 0) is 22.4 Å². The van der Waals surface area contributed by atoms with Crippen LogP contribution < -0.4 is 10.6 Å². The standard InChI is InChI=1S/C14H15N3/c1-9-8-17(14(15)16)12-7-6-10-4-2-3-5-11(10)13(9)12/h2-7,9H,8H2,1H3,(H3,15,16). The van der Waals surface area contributed by atoms with Crippen LogP contribution in [0.2, 0.25) is 0 Å². The molecule has 17 heavy (non-hydrogen) atoms. The molecule has 0 aromatic heterocycles. The Labute approximate surface area is 100 Å². The van der Waals surface area contributed by atoms with Gasteiger partial charge < -0.3 is 10.6 Å². The number of guanidine groups is 1. The summed E-state index contributed by atoms with van der Waals surface area (Å²) in [5, 5.41) is 10.2. The van der Waals surface area contributed by atoms with Gasteiger partial charge in [0.15, 0.2) is 5.96 Å². The summed E-state index contributed by atoms with van der Waals surface area (Å²) in [5.41, 5.74) is 8.03. The Morgan fingerprint density at radius 3 is 2.82 bits per heavy atom. The SMILES string of the molecule is CC1CN(C(=N)N)c2ccc3ccccc3c21. The Hall–Kier alpha value is -2.03. The van der Waals surface area contributed by atoms with E-state index in [9.17, 15) is 0 Å². The van der Waals surface area contributed by atoms with Crippen molar-refractivity contribution in [3.8, 4) is 0 Å². The van der Waals surface area contributed by atoms with Gasteiger partial charge in [0.05, 0.1) is 0 Å². The zero-order valence-corrected chi connectivity index (χ0v) is 9.77. The van der Waals surface area contributed by atoms with Crippen LogP contribution in [0.15, 0.2) is 36.4 Å². The number of nitrogens with zero attached hydrogens (tertiary/aromatic N) is 1. The summed E-state index contributed by atoms with van der Waals surface area (Å²) in [7, 11) is 0. The highest BCUT2D eigenvalue weighted by molar-refractivity contribution is 6.00. The molecule has 2 aromatic rings. The average Bonchev–Trinajstić information content (AvgIpc) is 2.67. The van der Waals surface area contributed by atoms with Crippen molar-refractivity contribution >= 4 is 22.4 Å². The van der Waals surface area contributed by atoms with E-state index in [0.29, 0.717) is 5.92 Å². The second-order valence-electron chi connectivity index (χ2n) is 4.62. The van der Waals surface area contributed by atoms with Gasteiger partial charge in [-0.3, -0.25) is 5.41 Å². The predicted molar refractivity (Wildman–Crippen MR) is 71.6 cm³/mol. The number of anilines is 1. The van der Waals surface area contributed by atoms with Gasteiger partial charge in [-0.1, -0.05) is 37.3 Å². The van der Waals surface area contributed by atoms with Gasteiger partial charge in [0.25, 0.3) is 0 Å². The molecule has 0 bridgehead atoms. The van der Waals surface area contributed by atoms with E-state index in [1.165, 1.54) is 16.3 Å². The van der Waals surface area contributed by atoms with Crippen molar-refractivity contribution in [3.05, 3.63) is 42.0 Å². The van der Waals surface area contributed by atoms with Crippen LogP contribution in [0.25, 0.3) is 10.8 Å². The normalized spacial score (nSPS) is 18.4. The smallest absolute Gasteiger partial charge is 0.192 e. The second-order valence-corrected chi connectivity index (χ2v) is 4.62. The van der Waals surface area contributed by atoms with E-state index < -0.39 is 0 Å². The minimum atomic E-state index is 0.130. The first-order valence-electron chi connectivity index (χ1n) is 5.81. The first-order chi connectivity index (χ1) is 8.18. The third-order valence-electron chi connectivity index (χ3n) is 3.48. The maximum Gasteiger partial charge on any atom is 0.192 e. The van der Waals surface area contributed by atoms with Gasteiger partial charge in [-0.15, -0.1) is 0 Å². The lowest BCUT2D eigenvalue weighted by atomic mass is 9.96. The molecule has 1 unspecified atom stereocenters. The molecule has 0 saturated heterocycles. The summed E-state index contributed by atoms with van der Waals surface area (Å²) >= 11 is 0. The van der Waals surface area contributed by atoms with Crippen molar-refractivity contribution in [3.63, 3.8) is 0 Å². The van der Waals surface area contributed by atoms with E-state index in [1.807, 2.05) is 4.90 Å². The molecule has 0 radical (unpaired) electrons. The van der Waals surface area contributed by atoms with Gasteiger partial charge in [-0.25, -0.2) is 0 Å². The predicted octanol–water partition coefficient (Wildman–Crippen LogP) is 2.66. The largest absolute Gasteiger partial charge is 0.370 e. The molecule has 2 aromatic carbocycles. The van der Waals surface area contributed by atoms with Crippen LogP contribution in [0.1, 0.15) is 18.4 Å². The molecule has 3 nitrogen and oxygen atoms in total. The van der Waals surface area contributed by atoms with Crippen LogP contribution in [0.3, 0.4) is 0 Å². The minimum Gasteiger partial charge on any atom is -0.370 e. The number of hydrogen-bond acceptors (Lipinski definition) is 1. The molecule has 3 rings (SSSR count). The fourth-order valence-electron chi connectivity index (χ4n) is 2.73. The third-order valence-corrected chi connectivity index (χ3v) is 3.48. The lowest BCUT2D eigenvalue weighted by Crippen LogP contribution is -2.35. The van der Waals surface area contributed by atoms with Gasteiger partial charge in [0, 0.05) is 18.2 Å².